The van der Waals surface area contributed by atoms with E-state index in [4.69, 9.17) is 10.2 Å². The molecule has 0 unspecified atom stereocenters. The average molecular weight is 130 g/mol. The van der Waals surface area contributed by atoms with Gasteiger partial charge in [-0.1, -0.05) is 13.2 Å². The molecule has 0 aliphatic carbocycles. The number of hydrogen-bond acceptors (Lipinski definition) is 2. The summed E-state index contributed by atoms with van der Waals surface area (Å²) in [5.74, 6) is -2.16. The van der Waals surface area contributed by atoms with Gasteiger partial charge in [0.2, 0.25) is 0 Å². The van der Waals surface area contributed by atoms with E-state index in [-0.39, 0.29) is 0 Å². The zero-order valence-electron chi connectivity index (χ0n) is 4.76. The molecule has 0 aromatic carbocycles. The van der Waals surface area contributed by atoms with Gasteiger partial charge in [0.05, 0.1) is 0 Å². The van der Waals surface area contributed by atoms with Crippen LogP contribution in [0, 0.1) is 0 Å². The first kappa shape index (κ1) is 7.75. The molecule has 2 N–H and O–H groups in total. The van der Waals surface area contributed by atoms with Gasteiger partial charge in [0.25, 0.3) is 0 Å². The predicted molar refractivity (Wildman–Crippen MR) is 32.7 cm³/mol. The molecule has 50 valence electrons. The maximum atomic E-state index is 12.1. The van der Waals surface area contributed by atoms with Crippen LogP contribution < -0.4 is 0 Å². The molecule has 0 radical (unpaired) electrons. The van der Waals surface area contributed by atoms with Crippen LogP contribution >= 0.6 is 0 Å². The summed E-state index contributed by atoms with van der Waals surface area (Å²) in [6.07, 6.45) is 0.669. The van der Waals surface area contributed by atoms with Crippen molar-refractivity contribution in [3.05, 3.63) is 36.6 Å². The van der Waals surface area contributed by atoms with Crippen LogP contribution in [0.4, 0.5) is 4.39 Å². The summed E-state index contributed by atoms with van der Waals surface area (Å²) in [7, 11) is 0. The van der Waals surface area contributed by atoms with E-state index in [1.54, 1.807) is 0 Å². The Bertz CT molecular complexity index is 170. The van der Waals surface area contributed by atoms with Gasteiger partial charge in [-0.2, -0.15) is 0 Å². The molecule has 3 heteroatoms. The maximum Gasteiger partial charge on any atom is 0.167 e. The molecule has 0 aromatic heterocycles. The number of rotatable bonds is 2. The van der Waals surface area contributed by atoms with Crippen LogP contribution in [0.5, 0.6) is 0 Å². The van der Waals surface area contributed by atoms with E-state index in [9.17, 15) is 4.39 Å². The van der Waals surface area contributed by atoms with Crippen LogP contribution in [-0.2, 0) is 0 Å². The monoisotopic (exact) mass is 130 g/mol. The number of aliphatic hydroxyl groups excluding tert-OH is 2. The topological polar surface area (TPSA) is 40.5 Å². The third kappa shape index (κ3) is 3.34. The Balaban J connectivity index is 4.17. The highest BCUT2D eigenvalue weighted by Crippen LogP contribution is 2.06. The van der Waals surface area contributed by atoms with Gasteiger partial charge in [-0.05, 0) is 0 Å². The Kier molecular flexibility index (Phi) is 2.51. The fraction of sp³-hybridized carbons (Fsp3) is 0. The molecular formula is C6H7FO2. The van der Waals surface area contributed by atoms with Gasteiger partial charge < -0.3 is 10.2 Å². The Labute approximate surface area is 52.2 Å². The van der Waals surface area contributed by atoms with Crippen LogP contribution in [0.2, 0.25) is 0 Å². The molecule has 9 heavy (non-hydrogen) atoms. The van der Waals surface area contributed by atoms with Crippen molar-refractivity contribution in [3.8, 4) is 0 Å². The molecule has 0 rings (SSSR count). The van der Waals surface area contributed by atoms with Gasteiger partial charge in [0, 0.05) is 6.08 Å². The Morgan fingerprint density at radius 1 is 1.33 bits per heavy atom. The minimum Gasteiger partial charge on any atom is -0.508 e. The van der Waals surface area contributed by atoms with E-state index in [1.807, 2.05) is 0 Å². The van der Waals surface area contributed by atoms with E-state index in [0.717, 1.165) is 0 Å². The molecular weight excluding hydrogens is 123 g/mol. The van der Waals surface area contributed by atoms with Gasteiger partial charge in [-0.3, -0.25) is 0 Å². The fourth-order valence-corrected chi connectivity index (χ4v) is 0.230. The Hall–Kier alpha value is -1.25. The molecule has 2 nitrogen and oxygen atoms in total. The lowest BCUT2D eigenvalue weighted by Gasteiger charge is -1.90. The maximum absolute atomic E-state index is 12.1. The summed E-state index contributed by atoms with van der Waals surface area (Å²) in [6.45, 7) is 5.83. The first-order chi connectivity index (χ1) is 4.04. The number of aliphatic hydroxyl groups is 2. The lowest BCUT2D eigenvalue weighted by atomic mass is 10.4. The normalized spacial score (nSPS) is 11.0. The molecule has 0 amide bonds. The lowest BCUT2D eigenvalue weighted by Crippen LogP contribution is -1.79. The SMILES string of the molecule is C=C(O)/C=C(/F)C(=C)O. The van der Waals surface area contributed by atoms with Crippen molar-refractivity contribution in [2.24, 2.45) is 0 Å². The lowest BCUT2D eigenvalue weighted by molar-refractivity contribution is 0.385. The van der Waals surface area contributed by atoms with Crippen LogP contribution in [0.15, 0.2) is 36.6 Å². The molecule has 0 bridgehead atoms. The largest absolute Gasteiger partial charge is 0.508 e. The number of halogens is 1. The van der Waals surface area contributed by atoms with Gasteiger partial charge in [0.1, 0.15) is 11.5 Å². The number of hydrogen-bond donors (Lipinski definition) is 2. The predicted octanol–water partition coefficient (Wildman–Crippen LogP) is 1.98. The van der Waals surface area contributed by atoms with Crippen molar-refractivity contribution in [1.82, 2.24) is 0 Å². The van der Waals surface area contributed by atoms with Gasteiger partial charge in [-0.25, -0.2) is 4.39 Å². The van der Waals surface area contributed by atoms with Crippen LogP contribution in [0.3, 0.4) is 0 Å². The van der Waals surface area contributed by atoms with Crippen molar-refractivity contribution in [2.75, 3.05) is 0 Å². The van der Waals surface area contributed by atoms with Crippen LogP contribution in [0.1, 0.15) is 0 Å². The third-order valence-electron chi connectivity index (χ3n) is 0.569. The van der Waals surface area contributed by atoms with Gasteiger partial charge >= 0.3 is 0 Å². The molecule has 0 aromatic rings. The fourth-order valence-electron chi connectivity index (χ4n) is 0.230. The van der Waals surface area contributed by atoms with E-state index >= 15 is 0 Å². The van der Waals surface area contributed by atoms with E-state index in [0.29, 0.717) is 6.08 Å². The summed E-state index contributed by atoms with van der Waals surface area (Å²) in [6, 6.07) is 0. The van der Waals surface area contributed by atoms with E-state index in [1.165, 1.54) is 0 Å². The minimum absolute atomic E-state index is 0.456. The molecule has 0 saturated heterocycles. The van der Waals surface area contributed by atoms with Crippen molar-refractivity contribution in [1.29, 1.82) is 0 Å². The molecule has 0 aliphatic heterocycles. The van der Waals surface area contributed by atoms with Gasteiger partial charge in [0.15, 0.2) is 5.83 Å². The van der Waals surface area contributed by atoms with E-state index < -0.39 is 17.3 Å². The van der Waals surface area contributed by atoms with Crippen molar-refractivity contribution >= 4 is 0 Å². The molecule has 0 saturated carbocycles. The zero-order chi connectivity index (χ0) is 7.44. The standard InChI is InChI=1S/C6H7FO2/c1-4(8)3-6(7)5(2)9/h3,8-9H,1-2H2/b6-3+. The summed E-state index contributed by atoms with van der Waals surface area (Å²) in [5, 5.41) is 16.6. The Morgan fingerprint density at radius 3 is 1.89 bits per heavy atom. The summed E-state index contributed by atoms with van der Waals surface area (Å²) >= 11 is 0. The molecule has 0 aliphatic rings. The quantitative estimate of drug-likeness (QED) is 0.443. The molecule has 0 fully saturated rings. The van der Waals surface area contributed by atoms with Crippen LogP contribution in [-0.4, -0.2) is 10.2 Å². The highest BCUT2D eigenvalue weighted by Gasteiger charge is 1.96. The third-order valence-corrected chi connectivity index (χ3v) is 0.569. The molecule has 0 heterocycles. The van der Waals surface area contributed by atoms with Crippen LogP contribution in [0.25, 0.3) is 0 Å². The average Bonchev–Trinajstić information content (AvgIpc) is 1.63. The summed E-state index contributed by atoms with van der Waals surface area (Å²) < 4.78 is 12.1. The Morgan fingerprint density at radius 2 is 1.78 bits per heavy atom. The second-order valence-electron chi connectivity index (χ2n) is 1.43. The zero-order valence-corrected chi connectivity index (χ0v) is 4.76. The summed E-state index contributed by atoms with van der Waals surface area (Å²) in [5.41, 5.74) is 0. The summed E-state index contributed by atoms with van der Waals surface area (Å²) in [4.78, 5) is 0. The van der Waals surface area contributed by atoms with E-state index in [2.05, 4.69) is 13.2 Å². The second-order valence-corrected chi connectivity index (χ2v) is 1.43. The van der Waals surface area contributed by atoms with Crippen molar-refractivity contribution in [2.45, 2.75) is 0 Å². The number of allylic oxidation sites excluding steroid dienone is 2. The smallest absolute Gasteiger partial charge is 0.167 e. The first-order valence-corrected chi connectivity index (χ1v) is 2.17. The van der Waals surface area contributed by atoms with Gasteiger partial charge in [-0.15, -0.1) is 0 Å². The molecule has 0 atom stereocenters. The second kappa shape index (κ2) is 2.91. The van der Waals surface area contributed by atoms with Crippen molar-refractivity contribution in [3.63, 3.8) is 0 Å². The first-order valence-electron chi connectivity index (χ1n) is 2.17. The minimum atomic E-state index is -0.984. The molecule has 0 spiro atoms. The highest BCUT2D eigenvalue weighted by atomic mass is 19.1. The van der Waals surface area contributed by atoms with Crippen molar-refractivity contribution < 1.29 is 14.6 Å². The highest BCUT2D eigenvalue weighted by molar-refractivity contribution is 5.21.